The van der Waals surface area contributed by atoms with Gasteiger partial charge in [-0.05, 0) is 56.7 Å². The summed E-state index contributed by atoms with van der Waals surface area (Å²) in [5.74, 6) is -0.184. The molecule has 2 saturated heterocycles. The molecule has 0 radical (unpaired) electrons. The van der Waals surface area contributed by atoms with Crippen LogP contribution >= 0.6 is 24.0 Å². The molecule has 0 atom stereocenters. The van der Waals surface area contributed by atoms with Crippen molar-refractivity contribution in [3.63, 3.8) is 0 Å². The van der Waals surface area contributed by atoms with Crippen molar-refractivity contribution in [3.05, 3.63) is 108 Å². The topological polar surface area (TPSA) is 99.5 Å². The summed E-state index contributed by atoms with van der Waals surface area (Å²) in [5, 5.41) is 9.98. The Balaban J connectivity index is 1.42. The van der Waals surface area contributed by atoms with Crippen LogP contribution in [0.5, 0.6) is 0 Å². The largest absolute Gasteiger partial charge is 0.366 e. The Morgan fingerprint density at radius 3 is 2.23 bits per heavy atom. The number of anilines is 3. The molecule has 0 aliphatic carbocycles. The smallest absolute Gasteiger partial charge is 0.296 e. The number of rotatable bonds is 6. The summed E-state index contributed by atoms with van der Waals surface area (Å²) in [4.78, 5) is 46.9. The molecular weight excluding hydrogens is 638 g/mol. The molecule has 0 N–H and O–H groups in total. The minimum absolute atomic E-state index is 0.00743. The zero-order chi connectivity index (χ0) is 33.6. The first kappa shape index (κ1) is 32.0. The van der Waals surface area contributed by atoms with E-state index in [1.807, 2.05) is 47.1 Å². The zero-order valence-corrected chi connectivity index (χ0v) is 28.0. The van der Waals surface area contributed by atoms with Crippen molar-refractivity contribution >= 4 is 57.5 Å². The number of piperazine rings is 1. The maximum Gasteiger partial charge on any atom is 0.296 e. The highest BCUT2D eigenvalue weighted by Gasteiger charge is 2.38. The summed E-state index contributed by atoms with van der Waals surface area (Å²) in [6.07, 6.45) is 1.67. The summed E-state index contributed by atoms with van der Waals surface area (Å²) < 4.78 is 19.5. The van der Waals surface area contributed by atoms with Gasteiger partial charge in [-0.3, -0.25) is 28.5 Å². The molecule has 4 aromatic rings. The number of halogens is 1. The summed E-state index contributed by atoms with van der Waals surface area (Å²) in [5.41, 5.74) is 2.09. The van der Waals surface area contributed by atoms with Crippen LogP contribution in [0.4, 0.5) is 21.6 Å². The Morgan fingerprint density at radius 2 is 1.60 bits per heavy atom. The highest BCUT2D eigenvalue weighted by atomic mass is 32.2. The lowest BCUT2D eigenvalue weighted by atomic mass is 10.0. The normalized spacial score (nSPS) is 16.0. The molecule has 0 spiro atoms. The van der Waals surface area contributed by atoms with Gasteiger partial charge in [0.2, 0.25) is 0 Å². The molecule has 47 heavy (non-hydrogen) atoms. The molecule has 2 aliphatic heterocycles. The SMILES string of the molecule is CCn1c(N2CCN(c3ccccc3F)CC2)c(C=C2SC(=S)N(c3c(C)n(C)n(-c4ccccc4)c3=O)C2=O)c(C)c(C#N)c1=O. The lowest BCUT2D eigenvalue weighted by Crippen LogP contribution is -2.49. The lowest BCUT2D eigenvalue weighted by Gasteiger charge is -2.39. The molecule has 4 heterocycles. The van der Waals surface area contributed by atoms with Gasteiger partial charge >= 0.3 is 0 Å². The van der Waals surface area contributed by atoms with Crippen molar-refractivity contribution in [1.82, 2.24) is 13.9 Å². The third kappa shape index (κ3) is 5.37. The number of carbonyl (C=O) groups is 1. The van der Waals surface area contributed by atoms with Gasteiger partial charge in [-0.15, -0.1) is 0 Å². The highest BCUT2D eigenvalue weighted by molar-refractivity contribution is 8.27. The fourth-order valence-electron chi connectivity index (χ4n) is 6.25. The number of aromatic nitrogens is 3. The summed E-state index contributed by atoms with van der Waals surface area (Å²) >= 11 is 6.74. The van der Waals surface area contributed by atoms with Crippen LogP contribution in [0.25, 0.3) is 11.8 Å². The van der Waals surface area contributed by atoms with Crippen LogP contribution in [-0.4, -0.2) is 50.3 Å². The standard InChI is InChI=1S/C34H32FN7O3S2/c1-5-40-30(39-17-15-38(16-18-39)27-14-10-9-13-26(27)35)24(21(2)25(20-36)31(40)43)19-28-32(44)41(34(46)47-28)29-22(3)37(4)42(33(29)45)23-11-7-6-8-12-23/h6-14,19H,5,15-18H2,1-4H3. The van der Waals surface area contributed by atoms with Gasteiger partial charge < -0.3 is 9.80 Å². The van der Waals surface area contributed by atoms with E-state index in [0.717, 1.165) is 11.8 Å². The minimum atomic E-state index is -0.464. The van der Waals surface area contributed by atoms with Gasteiger partial charge in [-0.1, -0.05) is 54.3 Å². The zero-order valence-electron chi connectivity index (χ0n) is 26.4. The molecule has 13 heteroatoms. The third-order valence-electron chi connectivity index (χ3n) is 8.75. The van der Waals surface area contributed by atoms with E-state index in [2.05, 4.69) is 6.07 Å². The summed E-state index contributed by atoms with van der Waals surface area (Å²) in [6.45, 7) is 7.54. The van der Waals surface area contributed by atoms with Gasteiger partial charge in [0.15, 0.2) is 4.32 Å². The van der Waals surface area contributed by atoms with Gasteiger partial charge in [-0.2, -0.15) is 5.26 Å². The molecule has 10 nitrogen and oxygen atoms in total. The lowest BCUT2D eigenvalue weighted by molar-refractivity contribution is -0.113. The molecule has 2 aromatic heterocycles. The molecule has 0 bridgehead atoms. The molecule has 2 fully saturated rings. The molecule has 0 saturated carbocycles. The van der Waals surface area contributed by atoms with Crippen molar-refractivity contribution < 1.29 is 9.18 Å². The summed E-state index contributed by atoms with van der Waals surface area (Å²) in [6, 6.07) is 17.8. The average molecular weight is 670 g/mol. The molecule has 6 rings (SSSR count). The van der Waals surface area contributed by atoms with Crippen LogP contribution in [0, 0.1) is 31.0 Å². The Hall–Kier alpha value is -4.93. The molecule has 2 aromatic carbocycles. The first-order valence-corrected chi connectivity index (χ1v) is 16.3. The van der Waals surface area contributed by atoms with E-state index in [1.165, 1.54) is 15.6 Å². The number of carbonyl (C=O) groups excluding carboxylic acids is 1. The van der Waals surface area contributed by atoms with Crippen LogP contribution in [-0.2, 0) is 18.4 Å². The Kier molecular flexibility index (Phi) is 8.65. The van der Waals surface area contributed by atoms with Crippen molar-refractivity contribution in [2.75, 3.05) is 40.9 Å². The number of benzene rings is 2. The van der Waals surface area contributed by atoms with E-state index in [9.17, 15) is 24.0 Å². The monoisotopic (exact) mass is 669 g/mol. The maximum atomic E-state index is 14.6. The van der Waals surface area contributed by atoms with Gasteiger partial charge in [0, 0.05) is 45.3 Å². The maximum absolute atomic E-state index is 14.6. The highest BCUT2D eigenvalue weighted by Crippen LogP contribution is 2.39. The van der Waals surface area contributed by atoms with Crippen molar-refractivity contribution in [2.45, 2.75) is 27.3 Å². The predicted molar refractivity (Wildman–Crippen MR) is 188 cm³/mol. The van der Waals surface area contributed by atoms with Crippen LogP contribution in [0.1, 0.15) is 29.3 Å². The fourth-order valence-corrected chi connectivity index (χ4v) is 7.50. The Bertz CT molecular complexity index is 2120. The number of hydrogen-bond acceptors (Lipinski definition) is 8. The van der Waals surface area contributed by atoms with Gasteiger partial charge in [0.05, 0.1) is 22.0 Å². The van der Waals surface area contributed by atoms with E-state index in [4.69, 9.17) is 12.2 Å². The number of thiocarbonyl (C=S) groups is 1. The van der Waals surface area contributed by atoms with Crippen molar-refractivity contribution in [2.24, 2.45) is 7.05 Å². The Labute approximate surface area is 280 Å². The average Bonchev–Trinajstić information content (AvgIpc) is 3.46. The first-order chi connectivity index (χ1) is 22.6. The molecule has 1 amide bonds. The number of hydrogen-bond donors (Lipinski definition) is 0. The second kappa shape index (κ2) is 12.7. The molecule has 0 unspecified atom stereocenters. The van der Waals surface area contributed by atoms with Crippen molar-refractivity contribution in [3.8, 4) is 11.8 Å². The number of amides is 1. The second-order valence-electron chi connectivity index (χ2n) is 11.3. The molecular formula is C34H32FN7O3S2. The number of nitrogens with zero attached hydrogens (tertiary/aromatic N) is 7. The number of pyridine rings is 1. The van der Waals surface area contributed by atoms with E-state index in [0.29, 0.717) is 66.7 Å². The molecule has 240 valence electrons. The number of nitriles is 1. The van der Waals surface area contributed by atoms with Gasteiger partial charge in [0.25, 0.3) is 17.0 Å². The number of thioether (sulfide) groups is 1. The van der Waals surface area contributed by atoms with Crippen LogP contribution in [0.15, 0.2) is 69.1 Å². The van der Waals surface area contributed by atoms with Crippen LogP contribution < -0.4 is 25.8 Å². The molecule has 2 aliphatic rings. The van der Waals surface area contributed by atoms with E-state index < -0.39 is 11.5 Å². The predicted octanol–water partition coefficient (Wildman–Crippen LogP) is 4.72. The van der Waals surface area contributed by atoms with E-state index in [-0.39, 0.29) is 31.9 Å². The number of para-hydroxylation sites is 2. The third-order valence-corrected chi connectivity index (χ3v) is 10.1. The van der Waals surface area contributed by atoms with E-state index in [1.54, 1.807) is 54.4 Å². The van der Waals surface area contributed by atoms with Crippen LogP contribution in [0.2, 0.25) is 0 Å². The van der Waals surface area contributed by atoms with Crippen LogP contribution in [0.3, 0.4) is 0 Å². The van der Waals surface area contributed by atoms with Gasteiger partial charge in [0.1, 0.15) is 29.0 Å². The minimum Gasteiger partial charge on any atom is -0.366 e. The van der Waals surface area contributed by atoms with Gasteiger partial charge in [-0.25, -0.2) is 9.07 Å². The van der Waals surface area contributed by atoms with E-state index >= 15 is 0 Å². The fraction of sp³-hybridized carbons (Fsp3) is 0.265. The van der Waals surface area contributed by atoms with Crippen molar-refractivity contribution in [1.29, 1.82) is 5.26 Å². The Morgan fingerprint density at radius 1 is 0.957 bits per heavy atom. The quantitative estimate of drug-likeness (QED) is 0.215. The first-order valence-electron chi connectivity index (χ1n) is 15.1. The second-order valence-corrected chi connectivity index (χ2v) is 12.9. The summed E-state index contributed by atoms with van der Waals surface area (Å²) in [7, 11) is 1.75.